The molecule has 0 saturated carbocycles. The first-order valence-corrected chi connectivity index (χ1v) is 9.88. The number of nitrogens with one attached hydrogen (secondary N) is 1. The van der Waals surface area contributed by atoms with Gasteiger partial charge in [-0.3, -0.25) is 9.69 Å². The molecule has 0 bridgehead atoms. The molecular weight excluding hydrogens is 306 g/mol. The number of carbonyl (C=O) groups excluding carboxylic acids is 1. The van der Waals surface area contributed by atoms with Crippen LogP contribution in [0.15, 0.2) is 0 Å². The molecule has 8 heteroatoms. The maximum atomic E-state index is 12.2. The van der Waals surface area contributed by atoms with Gasteiger partial charge in [0, 0.05) is 44.6 Å². The molecule has 1 N–H and O–H groups in total. The number of fused-ring (bicyclic) bond motifs is 1. The second-order valence-corrected chi connectivity index (χ2v) is 8.53. The van der Waals surface area contributed by atoms with E-state index in [0.29, 0.717) is 25.6 Å². The lowest BCUT2D eigenvalue weighted by atomic mass is 9.93. The molecule has 3 rings (SSSR count). The monoisotopic (exact) mass is 331 g/mol. The Hall–Kier alpha value is -0.700. The van der Waals surface area contributed by atoms with Gasteiger partial charge in [-0.25, -0.2) is 13.1 Å². The maximum Gasteiger partial charge on any atom is 0.236 e. The van der Waals surface area contributed by atoms with E-state index in [1.165, 1.54) is 6.26 Å². The second-order valence-electron chi connectivity index (χ2n) is 6.70. The molecular formula is C14H25N3O4S. The maximum absolute atomic E-state index is 12.2. The Kier molecular flexibility index (Phi) is 4.72. The van der Waals surface area contributed by atoms with Crippen LogP contribution in [0.2, 0.25) is 0 Å². The first kappa shape index (κ1) is 16.2. The third-order valence-electron chi connectivity index (χ3n) is 4.94. The highest BCUT2D eigenvalue weighted by Crippen LogP contribution is 2.33. The molecule has 3 fully saturated rings. The second kappa shape index (κ2) is 6.43. The summed E-state index contributed by atoms with van der Waals surface area (Å²) in [6.07, 6.45) is 3.53. The van der Waals surface area contributed by atoms with Crippen LogP contribution < -0.4 is 4.72 Å². The molecule has 3 aliphatic rings. The summed E-state index contributed by atoms with van der Waals surface area (Å²) in [4.78, 5) is 16.3. The molecule has 126 valence electrons. The van der Waals surface area contributed by atoms with Crippen molar-refractivity contribution in [3.63, 3.8) is 0 Å². The zero-order valence-electron chi connectivity index (χ0n) is 13.0. The molecule has 0 aromatic rings. The summed E-state index contributed by atoms with van der Waals surface area (Å²) in [6.45, 7) is 4.86. The van der Waals surface area contributed by atoms with Gasteiger partial charge in [0.2, 0.25) is 15.9 Å². The van der Waals surface area contributed by atoms with Gasteiger partial charge in [0.15, 0.2) is 0 Å². The summed E-state index contributed by atoms with van der Waals surface area (Å²) in [5, 5.41) is 0. The van der Waals surface area contributed by atoms with Crippen molar-refractivity contribution in [2.75, 3.05) is 52.1 Å². The van der Waals surface area contributed by atoms with E-state index >= 15 is 0 Å². The van der Waals surface area contributed by atoms with E-state index in [-0.39, 0.29) is 17.9 Å². The zero-order chi connectivity index (χ0) is 15.7. The van der Waals surface area contributed by atoms with E-state index in [1.807, 2.05) is 4.90 Å². The third-order valence-corrected chi connectivity index (χ3v) is 5.63. The van der Waals surface area contributed by atoms with Crippen molar-refractivity contribution in [2.45, 2.75) is 18.9 Å². The highest BCUT2D eigenvalue weighted by atomic mass is 32.2. The van der Waals surface area contributed by atoms with Crippen LogP contribution in [-0.4, -0.2) is 82.4 Å². The molecule has 3 heterocycles. The highest BCUT2D eigenvalue weighted by molar-refractivity contribution is 7.88. The Morgan fingerprint density at radius 3 is 2.68 bits per heavy atom. The standard InChI is InChI=1S/C14H25N3O4S/c1-22(19,20)15-6-11-10-21-13-8-16(7-12(11)13)9-14(18)17-4-2-3-5-17/h11-13,15H,2-10H2,1H3/t11-,12+,13+/m1/s1. The molecule has 1 amide bonds. The van der Waals surface area contributed by atoms with E-state index in [1.54, 1.807) is 0 Å². The fraction of sp³-hybridized carbons (Fsp3) is 0.929. The number of nitrogens with zero attached hydrogens (tertiary/aromatic N) is 2. The zero-order valence-corrected chi connectivity index (χ0v) is 13.8. The quantitative estimate of drug-likeness (QED) is 0.707. The van der Waals surface area contributed by atoms with Gasteiger partial charge in [-0.05, 0) is 12.8 Å². The summed E-state index contributed by atoms with van der Waals surface area (Å²) in [5.74, 6) is 0.732. The van der Waals surface area contributed by atoms with Crippen LogP contribution in [0.3, 0.4) is 0 Å². The lowest BCUT2D eigenvalue weighted by Crippen LogP contribution is -2.39. The Morgan fingerprint density at radius 1 is 1.27 bits per heavy atom. The first-order valence-electron chi connectivity index (χ1n) is 7.99. The molecule has 3 aliphatic heterocycles. The van der Waals surface area contributed by atoms with Crippen LogP contribution >= 0.6 is 0 Å². The lowest BCUT2D eigenvalue weighted by molar-refractivity contribution is -0.131. The van der Waals surface area contributed by atoms with Crippen molar-refractivity contribution in [1.82, 2.24) is 14.5 Å². The van der Waals surface area contributed by atoms with Crippen LogP contribution in [0.1, 0.15) is 12.8 Å². The minimum Gasteiger partial charge on any atom is -0.376 e. The van der Waals surface area contributed by atoms with E-state index in [9.17, 15) is 13.2 Å². The Morgan fingerprint density at radius 2 is 2.00 bits per heavy atom. The van der Waals surface area contributed by atoms with Crippen molar-refractivity contribution >= 4 is 15.9 Å². The topological polar surface area (TPSA) is 79.0 Å². The number of hydrogen-bond donors (Lipinski definition) is 1. The average molecular weight is 331 g/mol. The molecule has 3 atom stereocenters. The van der Waals surface area contributed by atoms with Crippen molar-refractivity contribution in [3.8, 4) is 0 Å². The molecule has 0 radical (unpaired) electrons. The average Bonchev–Trinajstić information content (AvgIpc) is 3.12. The summed E-state index contributed by atoms with van der Waals surface area (Å²) in [7, 11) is -3.16. The van der Waals surface area contributed by atoms with Crippen molar-refractivity contribution in [3.05, 3.63) is 0 Å². The molecule has 0 unspecified atom stereocenters. The molecule has 22 heavy (non-hydrogen) atoms. The fourth-order valence-corrected chi connectivity index (χ4v) is 4.25. The highest BCUT2D eigenvalue weighted by Gasteiger charge is 2.44. The SMILES string of the molecule is CS(=O)(=O)NC[C@@H]1CO[C@H]2CN(CC(=O)N3CCCC3)C[C@@H]12. The van der Waals surface area contributed by atoms with Gasteiger partial charge in [0.25, 0.3) is 0 Å². The Labute approximate surface area is 132 Å². The van der Waals surface area contributed by atoms with E-state index in [4.69, 9.17) is 4.74 Å². The van der Waals surface area contributed by atoms with E-state index < -0.39 is 10.0 Å². The number of likely N-dealkylation sites (tertiary alicyclic amines) is 2. The van der Waals surface area contributed by atoms with E-state index in [0.717, 1.165) is 39.0 Å². The summed E-state index contributed by atoms with van der Waals surface area (Å²) < 4.78 is 30.8. The Bertz CT molecular complexity index is 518. The van der Waals surface area contributed by atoms with Gasteiger partial charge in [-0.15, -0.1) is 0 Å². The number of hydrogen-bond acceptors (Lipinski definition) is 5. The third kappa shape index (κ3) is 3.79. The molecule has 7 nitrogen and oxygen atoms in total. The van der Waals surface area contributed by atoms with Gasteiger partial charge >= 0.3 is 0 Å². The molecule has 3 saturated heterocycles. The van der Waals surface area contributed by atoms with Gasteiger partial charge in [-0.1, -0.05) is 0 Å². The molecule has 0 aromatic carbocycles. The van der Waals surface area contributed by atoms with Gasteiger partial charge in [0.1, 0.15) is 0 Å². The number of sulfonamides is 1. The number of carbonyl (C=O) groups is 1. The van der Waals surface area contributed by atoms with Crippen LogP contribution in [0, 0.1) is 11.8 Å². The Balaban J connectivity index is 1.49. The van der Waals surface area contributed by atoms with E-state index in [2.05, 4.69) is 9.62 Å². The van der Waals surface area contributed by atoms with Gasteiger partial charge < -0.3 is 9.64 Å². The first-order chi connectivity index (χ1) is 10.4. The van der Waals surface area contributed by atoms with Crippen LogP contribution in [-0.2, 0) is 19.6 Å². The minimum absolute atomic E-state index is 0.137. The predicted octanol–water partition coefficient (Wildman–Crippen LogP) is -0.895. The minimum atomic E-state index is -3.16. The molecule has 0 aliphatic carbocycles. The lowest BCUT2D eigenvalue weighted by Gasteiger charge is -2.22. The number of rotatable bonds is 5. The van der Waals surface area contributed by atoms with Crippen LogP contribution in [0.25, 0.3) is 0 Å². The van der Waals surface area contributed by atoms with Crippen molar-refractivity contribution in [2.24, 2.45) is 11.8 Å². The van der Waals surface area contributed by atoms with Gasteiger partial charge in [0.05, 0.1) is 25.5 Å². The van der Waals surface area contributed by atoms with Crippen molar-refractivity contribution < 1.29 is 17.9 Å². The summed E-state index contributed by atoms with van der Waals surface area (Å²) >= 11 is 0. The molecule has 0 spiro atoms. The van der Waals surface area contributed by atoms with Gasteiger partial charge in [-0.2, -0.15) is 0 Å². The largest absolute Gasteiger partial charge is 0.376 e. The summed E-state index contributed by atoms with van der Waals surface area (Å²) in [5.41, 5.74) is 0. The number of amides is 1. The van der Waals surface area contributed by atoms with Crippen molar-refractivity contribution in [1.29, 1.82) is 0 Å². The van der Waals surface area contributed by atoms with Crippen LogP contribution in [0.4, 0.5) is 0 Å². The van der Waals surface area contributed by atoms with Crippen LogP contribution in [0.5, 0.6) is 0 Å². The smallest absolute Gasteiger partial charge is 0.236 e. The predicted molar refractivity (Wildman–Crippen MR) is 81.8 cm³/mol. The fourth-order valence-electron chi connectivity index (χ4n) is 3.74. The molecule has 0 aromatic heterocycles. The normalized spacial score (nSPS) is 32.6. The number of ether oxygens (including phenoxy) is 1. The summed E-state index contributed by atoms with van der Waals surface area (Å²) in [6, 6.07) is 0.